The molecule has 2 aliphatic rings. The maximum Gasteiger partial charge on any atom is 0.292 e. The van der Waals surface area contributed by atoms with E-state index < -0.39 is 0 Å². The number of piperazine rings is 1. The number of nitrogens with zero attached hydrogens (tertiary/aromatic N) is 3. The Kier molecular flexibility index (Phi) is 5.46. The van der Waals surface area contributed by atoms with Crippen LogP contribution in [0.1, 0.15) is 18.4 Å². The average Bonchev–Trinajstić information content (AvgIpc) is 3.56. The molecule has 1 aliphatic carbocycles. The van der Waals surface area contributed by atoms with E-state index >= 15 is 0 Å². The monoisotopic (exact) mass is 392 g/mol. The van der Waals surface area contributed by atoms with Gasteiger partial charge >= 0.3 is 0 Å². The van der Waals surface area contributed by atoms with E-state index in [1.165, 1.54) is 0 Å². The maximum atomic E-state index is 12.5. The molecule has 2 aromatic rings. The van der Waals surface area contributed by atoms with Gasteiger partial charge in [0.2, 0.25) is 5.91 Å². The van der Waals surface area contributed by atoms with Gasteiger partial charge in [-0.15, -0.1) is 0 Å². The van der Waals surface area contributed by atoms with E-state index in [2.05, 4.69) is 10.2 Å². The lowest BCUT2D eigenvalue weighted by Gasteiger charge is -2.35. The summed E-state index contributed by atoms with van der Waals surface area (Å²) >= 11 is 0. The third kappa shape index (κ3) is 4.74. The molecule has 29 heavy (non-hydrogen) atoms. The van der Waals surface area contributed by atoms with Crippen molar-refractivity contribution in [3.63, 3.8) is 0 Å². The highest BCUT2D eigenvalue weighted by molar-refractivity contribution is 5.92. The van der Waals surface area contributed by atoms with Crippen molar-refractivity contribution in [2.75, 3.05) is 36.4 Å². The smallest absolute Gasteiger partial charge is 0.292 e. The number of benzene rings is 2. The standard InChI is InChI=1S/C22H24N4O3/c27-22(11-6-17-4-2-1-3-5-17)25-14-12-24(13-15-25)19-9-10-21(26(28)29)20(16-19)23-18-7-8-18/h1-6,9-11,16,18,23H,7-8,12-15H2/b11-6+. The van der Waals surface area contributed by atoms with Gasteiger partial charge < -0.3 is 15.1 Å². The van der Waals surface area contributed by atoms with Gasteiger partial charge in [-0.05, 0) is 36.6 Å². The summed E-state index contributed by atoms with van der Waals surface area (Å²) in [5.74, 6) is 0.00768. The molecule has 1 amide bonds. The number of nitro groups is 1. The second-order valence-electron chi connectivity index (χ2n) is 7.43. The first kappa shape index (κ1) is 19.0. The van der Waals surface area contributed by atoms with Crippen molar-refractivity contribution in [3.05, 3.63) is 70.3 Å². The molecule has 1 saturated heterocycles. The Morgan fingerprint density at radius 2 is 1.79 bits per heavy atom. The number of hydrogen-bond acceptors (Lipinski definition) is 5. The first-order valence-electron chi connectivity index (χ1n) is 9.92. The molecule has 1 aliphatic heterocycles. The quantitative estimate of drug-likeness (QED) is 0.462. The molecule has 2 aromatic carbocycles. The molecule has 0 radical (unpaired) electrons. The van der Waals surface area contributed by atoms with Crippen LogP contribution in [0.25, 0.3) is 6.08 Å². The highest BCUT2D eigenvalue weighted by Crippen LogP contribution is 2.34. The molecule has 150 valence electrons. The summed E-state index contributed by atoms with van der Waals surface area (Å²) < 4.78 is 0. The molecule has 1 heterocycles. The van der Waals surface area contributed by atoms with Crippen molar-refractivity contribution < 1.29 is 9.72 Å². The van der Waals surface area contributed by atoms with Crippen LogP contribution in [0.5, 0.6) is 0 Å². The van der Waals surface area contributed by atoms with Crippen molar-refractivity contribution in [2.45, 2.75) is 18.9 Å². The van der Waals surface area contributed by atoms with E-state index in [4.69, 9.17) is 0 Å². The number of rotatable bonds is 6. The van der Waals surface area contributed by atoms with Crippen molar-refractivity contribution in [3.8, 4) is 0 Å². The Morgan fingerprint density at radius 1 is 1.07 bits per heavy atom. The van der Waals surface area contributed by atoms with Gasteiger partial charge in [0.25, 0.3) is 5.69 Å². The van der Waals surface area contributed by atoms with E-state index in [0.717, 1.165) is 24.1 Å². The summed E-state index contributed by atoms with van der Waals surface area (Å²) in [4.78, 5) is 27.4. The summed E-state index contributed by atoms with van der Waals surface area (Å²) in [6.45, 7) is 2.65. The van der Waals surface area contributed by atoms with Gasteiger partial charge in [0, 0.05) is 50.1 Å². The Balaban J connectivity index is 1.38. The van der Waals surface area contributed by atoms with Crippen molar-refractivity contribution in [1.29, 1.82) is 0 Å². The van der Waals surface area contributed by atoms with Crippen molar-refractivity contribution in [2.24, 2.45) is 0 Å². The SMILES string of the molecule is O=C(/C=C/c1ccccc1)N1CCN(c2ccc([N+](=O)[O-])c(NC3CC3)c2)CC1. The Hall–Kier alpha value is -3.35. The average molecular weight is 392 g/mol. The molecule has 0 bridgehead atoms. The molecule has 7 nitrogen and oxygen atoms in total. The third-order valence-corrected chi connectivity index (χ3v) is 5.29. The molecule has 0 spiro atoms. The minimum atomic E-state index is -0.343. The van der Waals surface area contributed by atoms with Crippen molar-refractivity contribution in [1.82, 2.24) is 4.90 Å². The van der Waals surface area contributed by atoms with Gasteiger partial charge in [-0.2, -0.15) is 0 Å². The van der Waals surface area contributed by atoms with Crippen LogP contribution in [0.3, 0.4) is 0 Å². The summed E-state index contributed by atoms with van der Waals surface area (Å²) in [6.07, 6.45) is 5.56. The van der Waals surface area contributed by atoms with Gasteiger partial charge in [0.05, 0.1) is 4.92 Å². The fourth-order valence-electron chi connectivity index (χ4n) is 3.47. The summed E-state index contributed by atoms with van der Waals surface area (Å²) in [6, 6.07) is 15.3. The third-order valence-electron chi connectivity index (χ3n) is 5.29. The zero-order valence-electron chi connectivity index (χ0n) is 16.2. The highest BCUT2D eigenvalue weighted by atomic mass is 16.6. The first-order valence-corrected chi connectivity index (χ1v) is 9.92. The minimum Gasteiger partial charge on any atom is -0.377 e. The van der Waals surface area contributed by atoms with Crippen molar-refractivity contribution >= 4 is 29.0 Å². The molecule has 4 rings (SSSR count). The molecule has 0 aromatic heterocycles. The topological polar surface area (TPSA) is 78.7 Å². The van der Waals surface area contributed by atoms with Crippen LogP contribution in [-0.4, -0.2) is 48.0 Å². The summed E-state index contributed by atoms with van der Waals surface area (Å²) in [5.41, 5.74) is 2.64. The van der Waals surface area contributed by atoms with Crippen LogP contribution in [-0.2, 0) is 4.79 Å². The Bertz CT molecular complexity index is 917. The number of nitro benzene ring substituents is 1. The minimum absolute atomic E-state index is 0.00768. The molecule has 1 saturated carbocycles. The van der Waals surface area contributed by atoms with Crippen LogP contribution in [0.2, 0.25) is 0 Å². The number of nitrogens with one attached hydrogen (secondary N) is 1. The number of carbonyl (C=O) groups excluding carboxylic acids is 1. The second-order valence-corrected chi connectivity index (χ2v) is 7.43. The lowest BCUT2D eigenvalue weighted by Crippen LogP contribution is -2.48. The predicted octanol–water partition coefficient (Wildman–Crippen LogP) is 3.53. The molecule has 1 N–H and O–H groups in total. The van der Waals surface area contributed by atoms with Crippen LogP contribution < -0.4 is 10.2 Å². The summed E-state index contributed by atoms with van der Waals surface area (Å²) in [7, 11) is 0. The van der Waals surface area contributed by atoms with Crippen LogP contribution >= 0.6 is 0 Å². The van der Waals surface area contributed by atoms with Crippen LogP contribution in [0, 0.1) is 10.1 Å². The molecule has 2 fully saturated rings. The lowest BCUT2D eigenvalue weighted by molar-refractivity contribution is -0.384. The maximum absolute atomic E-state index is 12.5. The second kappa shape index (κ2) is 8.34. The fraction of sp³-hybridized carbons (Fsp3) is 0.318. The van der Waals surface area contributed by atoms with Gasteiger partial charge in [-0.1, -0.05) is 30.3 Å². The normalized spacial score (nSPS) is 16.8. The lowest BCUT2D eigenvalue weighted by atomic mass is 10.2. The fourth-order valence-corrected chi connectivity index (χ4v) is 3.47. The Morgan fingerprint density at radius 3 is 2.45 bits per heavy atom. The van der Waals surface area contributed by atoms with Crippen LogP contribution in [0.15, 0.2) is 54.6 Å². The molecular weight excluding hydrogens is 368 g/mol. The van der Waals surface area contributed by atoms with Gasteiger partial charge in [-0.3, -0.25) is 14.9 Å². The predicted molar refractivity (Wildman–Crippen MR) is 114 cm³/mol. The number of hydrogen-bond donors (Lipinski definition) is 1. The van der Waals surface area contributed by atoms with Gasteiger partial charge in [0.1, 0.15) is 5.69 Å². The summed E-state index contributed by atoms with van der Waals surface area (Å²) in [5, 5.41) is 14.6. The molecular formula is C22H24N4O3. The van der Waals surface area contributed by atoms with E-state index in [1.807, 2.05) is 47.4 Å². The van der Waals surface area contributed by atoms with E-state index in [-0.39, 0.29) is 16.5 Å². The number of amides is 1. The Labute approximate surface area is 169 Å². The zero-order chi connectivity index (χ0) is 20.2. The molecule has 0 unspecified atom stereocenters. The van der Waals surface area contributed by atoms with E-state index in [1.54, 1.807) is 18.2 Å². The van der Waals surface area contributed by atoms with Gasteiger partial charge in [0.15, 0.2) is 0 Å². The number of anilines is 2. The largest absolute Gasteiger partial charge is 0.377 e. The number of carbonyl (C=O) groups is 1. The van der Waals surface area contributed by atoms with Crippen LogP contribution in [0.4, 0.5) is 17.1 Å². The highest BCUT2D eigenvalue weighted by Gasteiger charge is 2.26. The zero-order valence-corrected chi connectivity index (χ0v) is 16.2. The first-order chi connectivity index (χ1) is 14.1. The van der Waals surface area contributed by atoms with Gasteiger partial charge in [-0.25, -0.2) is 0 Å². The molecule has 0 atom stereocenters. The van der Waals surface area contributed by atoms with E-state index in [9.17, 15) is 14.9 Å². The molecule has 7 heteroatoms. The van der Waals surface area contributed by atoms with E-state index in [0.29, 0.717) is 37.9 Å².